The second-order valence-electron chi connectivity index (χ2n) is 7.70. The number of halogens is 1. The van der Waals surface area contributed by atoms with Gasteiger partial charge in [0.05, 0.1) is 17.1 Å². The molecule has 0 unspecified atom stereocenters. The van der Waals surface area contributed by atoms with E-state index in [2.05, 4.69) is 10.1 Å². The Morgan fingerprint density at radius 2 is 1.86 bits per heavy atom. The summed E-state index contributed by atoms with van der Waals surface area (Å²) < 4.78 is 15.0. The first-order valence-electron chi connectivity index (χ1n) is 9.78. The van der Waals surface area contributed by atoms with Gasteiger partial charge in [0.2, 0.25) is 0 Å². The van der Waals surface area contributed by atoms with Gasteiger partial charge in [0.15, 0.2) is 5.65 Å². The number of nitrogens with zero attached hydrogens (tertiary/aromatic N) is 3. The summed E-state index contributed by atoms with van der Waals surface area (Å²) in [5, 5.41) is 4.55. The lowest BCUT2D eigenvalue weighted by molar-refractivity contribution is -0.119. The van der Waals surface area contributed by atoms with Crippen LogP contribution in [0.1, 0.15) is 29.3 Å². The largest absolute Gasteiger partial charge is 0.299 e. The number of carbonyl (C=O) groups is 1. The van der Waals surface area contributed by atoms with E-state index in [0.29, 0.717) is 6.42 Å². The van der Waals surface area contributed by atoms with Gasteiger partial charge in [-0.3, -0.25) is 4.79 Å². The van der Waals surface area contributed by atoms with E-state index in [9.17, 15) is 9.18 Å². The molecule has 0 saturated heterocycles. The summed E-state index contributed by atoms with van der Waals surface area (Å²) in [6.07, 6.45) is 1.12. The van der Waals surface area contributed by atoms with E-state index in [-0.39, 0.29) is 23.4 Å². The number of benzene rings is 2. The fourth-order valence-corrected chi connectivity index (χ4v) is 3.98. The van der Waals surface area contributed by atoms with Crippen LogP contribution in [0.25, 0.3) is 16.9 Å². The highest BCUT2D eigenvalue weighted by atomic mass is 19.1. The van der Waals surface area contributed by atoms with Crippen LogP contribution in [0.4, 0.5) is 4.39 Å². The van der Waals surface area contributed by atoms with Gasteiger partial charge in [-0.05, 0) is 43.0 Å². The monoisotopic (exact) mass is 385 g/mol. The van der Waals surface area contributed by atoms with Gasteiger partial charge in [-0.15, -0.1) is 0 Å². The molecule has 5 rings (SSSR count). The van der Waals surface area contributed by atoms with Crippen LogP contribution in [-0.4, -0.2) is 20.4 Å². The van der Waals surface area contributed by atoms with Crippen LogP contribution in [0.15, 0.2) is 66.7 Å². The van der Waals surface area contributed by atoms with Gasteiger partial charge >= 0.3 is 0 Å². The van der Waals surface area contributed by atoms with Crippen LogP contribution in [0, 0.1) is 18.7 Å². The first kappa shape index (κ1) is 17.7. The van der Waals surface area contributed by atoms with Gasteiger partial charge in [-0.1, -0.05) is 42.5 Å². The highest BCUT2D eigenvalue weighted by Crippen LogP contribution is 2.48. The minimum atomic E-state index is -0.251. The molecular formula is C24H20FN3O. The Kier molecular flexibility index (Phi) is 4.23. The van der Waals surface area contributed by atoms with Crippen molar-refractivity contribution in [3.63, 3.8) is 0 Å². The number of fused-ring (bicyclic) bond motifs is 1. The summed E-state index contributed by atoms with van der Waals surface area (Å²) in [5.41, 5.74) is 5.38. The van der Waals surface area contributed by atoms with Crippen LogP contribution < -0.4 is 0 Å². The molecule has 2 heterocycles. The lowest BCUT2D eigenvalue weighted by atomic mass is 10.0. The molecule has 0 spiro atoms. The zero-order valence-corrected chi connectivity index (χ0v) is 16.0. The van der Waals surface area contributed by atoms with Crippen molar-refractivity contribution >= 4 is 11.4 Å². The van der Waals surface area contributed by atoms with Crippen LogP contribution in [0.5, 0.6) is 0 Å². The van der Waals surface area contributed by atoms with Gasteiger partial charge in [0, 0.05) is 24.0 Å². The Bertz CT molecular complexity index is 1200. The minimum Gasteiger partial charge on any atom is -0.299 e. The third-order valence-corrected chi connectivity index (χ3v) is 5.53. The maximum Gasteiger partial charge on any atom is 0.156 e. The van der Waals surface area contributed by atoms with E-state index in [1.807, 2.05) is 53.9 Å². The van der Waals surface area contributed by atoms with E-state index in [4.69, 9.17) is 0 Å². The van der Waals surface area contributed by atoms with Crippen molar-refractivity contribution in [2.75, 3.05) is 0 Å². The SMILES string of the molecule is Cc1cc2nc(CC(=O)[C@@H]3C[C@H]3c3ccc(F)cc3)cc(-c3ccccc3)n2n1. The molecule has 0 N–H and O–H groups in total. The third kappa shape index (κ3) is 3.44. The van der Waals surface area contributed by atoms with Crippen molar-refractivity contribution in [2.45, 2.75) is 25.7 Å². The number of aromatic nitrogens is 3. The van der Waals surface area contributed by atoms with Crippen molar-refractivity contribution in [3.05, 3.63) is 89.5 Å². The summed E-state index contributed by atoms with van der Waals surface area (Å²) in [4.78, 5) is 17.5. The number of hydrogen-bond donors (Lipinski definition) is 0. The Morgan fingerprint density at radius 3 is 2.62 bits per heavy atom. The van der Waals surface area contributed by atoms with Crippen molar-refractivity contribution in [2.24, 2.45) is 5.92 Å². The fraction of sp³-hybridized carbons (Fsp3) is 0.208. The van der Waals surface area contributed by atoms with Crippen molar-refractivity contribution in [1.29, 1.82) is 0 Å². The average molecular weight is 385 g/mol. The average Bonchev–Trinajstić information content (AvgIpc) is 3.43. The zero-order valence-electron chi connectivity index (χ0n) is 16.0. The summed E-state index contributed by atoms with van der Waals surface area (Å²) in [5.74, 6) is 0.119. The lowest BCUT2D eigenvalue weighted by Gasteiger charge is -2.08. The Balaban J connectivity index is 1.42. The maximum absolute atomic E-state index is 13.1. The van der Waals surface area contributed by atoms with Crippen molar-refractivity contribution in [3.8, 4) is 11.3 Å². The van der Waals surface area contributed by atoms with E-state index < -0.39 is 0 Å². The molecule has 1 aliphatic carbocycles. The normalized spacial score (nSPS) is 18.1. The quantitative estimate of drug-likeness (QED) is 0.498. The highest BCUT2D eigenvalue weighted by molar-refractivity contribution is 5.87. The molecule has 1 fully saturated rings. The predicted molar refractivity (Wildman–Crippen MR) is 109 cm³/mol. The second kappa shape index (κ2) is 6.92. The molecule has 1 saturated carbocycles. The standard InChI is InChI=1S/C24H20FN3O/c1-15-11-24-26-19(12-22(28(24)27-15)17-5-3-2-4-6-17)13-23(29)21-14-20(21)16-7-9-18(25)10-8-16/h2-12,20-21H,13-14H2,1H3/t20-,21+/m0/s1. The summed E-state index contributed by atoms with van der Waals surface area (Å²) in [7, 11) is 0. The third-order valence-electron chi connectivity index (χ3n) is 5.53. The van der Waals surface area contributed by atoms with Gasteiger partial charge < -0.3 is 0 Å². The number of rotatable bonds is 5. The first-order valence-corrected chi connectivity index (χ1v) is 9.78. The number of carbonyl (C=O) groups excluding carboxylic acids is 1. The molecule has 144 valence electrons. The molecular weight excluding hydrogens is 365 g/mol. The molecule has 29 heavy (non-hydrogen) atoms. The lowest BCUT2D eigenvalue weighted by Crippen LogP contribution is -2.09. The Labute approximate surface area is 168 Å². The number of Topliss-reactive ketones (excluding diaryl/α,β-unsaturated/α-hetero) is 1. The molecule has 2 aromatic carbocycles. The zero-order chi connectivity index (χ0) is 20.0. The molecule has 0 bridgehead atoms. The Hall–Kier alpha value is -3.34. The van der Waals surface area contributed by atoms with Crippen LogP contribution in [0.2, 0.25) is 0 Å². The number of ketones is 1. The minimum absolute atomic E-state index is 0.00897. The Morgan fingerprint density at radius 1 is 1.10 bits per heavy atom. The van der Waals surface area contributed by atoms with Gasteiger partial charge in [-0.25, -0.2) is 13.9 Å². The van der Waals surface area contributed by atoms with Crippen LogP contribution >= 0.6 is 0 Å². The molecule has 0 radical (unpaired) electrons. The molecule has 4 nitrogen and oxygen atoms in total. The molecule has 0 amide bonds. The van der Waals surface area contributed by atoms with E-state index in [1.54, 1.807) is 12.1 Å². The molecule has 2 atom stereocenters. The van der Waals surface area contributed by atoms with E-state index in [1.165, 1.54) is 12.1 Å². The summed E-state index contributed by atoms with van der Waals surface area (Å²) in [6.45, 7) is 1.94. The molecule has 0 aliphatic heterocycles. The van der Waals surface area contributed by atoms with Gasteiger partial charge in [0.25, 0.3) is 0 Å². The van der Waals surface area contributed by atoms with Crippen LogP contribution in [0.3, 0.4) is 0 Å². The second-order valence-corrected chi connectivity index (χ2v) is 7.70. The smallest absolute Gasteiger partial charge is 0.156 e. The van der Waals surface area contributed by atoms with Crippen LogP contribution in [-0.2, 0) is 11.2 Å². The predicted octanol–water partition coefficient (Wildman–Crippen LogP) is 4.76. The fourth-order valence-electron chi connectivity index (χ4n) is 3.98. The highest BCUT2D eigenvalue weighted by Gasteiger charge is 2.43. The number of hydrogen-bond acceptors (Lipinski definition) is 3. The number of aryl methyl sites for hydroxylation is 1. The summed E-state index contributed by atoms with van der Waals surface area (Å²) in [6, 6.07) is 20.4. The molecule has 4 aromatic rings. The van der Waals surface area contributed by atoms with Gasteiger partial charge in [0.1, 0.15) is 11.6 Å². The maximum atomic E-state index is 13.1. The van der Waals surface area contributed by atoms with E-state index >= 15 is 0 Å². The molecule has 2 aromatic heterocycles. The topological polar surface area (TPSA) is 47.3 Å². The van der Waals surface area contributed by atoms with Crippen molar-refractivity contribution in [1.82, 2.24) is 14.6 Å². The molecule has 1 aliphatic rings. The van der Waals surface area contributed by atoms with Gasteiger partial charge in [-0.2, -0.15) is 5.10 Å². The summed E-state index contributed by atoms with van der Waals surface area (Å²) >= 11 is 0. The van der Waals surface area contributed by atoms with Crippen molar-refractivity contribution < 1.29 is 9.18 Å². The van der Waals surface area contributed by atoms with E-state index in [0.717, 1.165) is 40.3 Å². The molecule has 5 heteroatoms. The first-order chi connectivity index (χ1) is 14.1.